The van der Waals surface area contributed by atoms with Crippen molar-refractivity contribution in [2.45, 2.75) is 25.8 Å². The van der Waals surface area contributed by atoms with Crippen LogP contribution in [0.1, 0.15) is 31.4 Å². The van der Waals surface area contributed by atoms with Crippen molar-refractivity contribution in [1.29, 1.82) is 0 Å². The second-order valence-electron chi connectivity index (χ2n) is 4.75. The van der Waals surface area contributed by atoms with Crippen molar-refractivity contribution in [3.63, 3.8) is 0 Å². The van der Waals surface area contributed by atoms with E-state index < -0.39 is 10.8 Å². The molecule has 18 heavy (non-hydrogen) atoms. The maximum Gasteiger partial charge on any atom is 0.0406 e. The topological polar surface area (TPSA) is 29.1 Å². The average Bonchev–Trinajstić information content (AvgIpc) is 3.20. The molecule has 1 N–H and O–H groups in total. The number of nitrogens with one attached hydrogen (secondary N) is 1. The van der Waals surface area contributed by atoms with Gasteiger partial charge in [0.05, 0.1) is 0 Å². The molecule has 1 saturated carbocycles. The van der Waals surface area contributed by atoms with Crippen molar-refractivity contribution in [2.24, 2.45) is 5.92 Å². The van der Waals surface area contributed by atoms with Gasteiger partial charge in [0.1, 0.15) is 0 Å². The Balaban J connectivity index is 1.92. The van der Waals surface area contributed by atoms with E-state index in [9.17, 15) is 4.21 Å². The molecule has 0 bridgehead atoms. The van der Waals surface area contributed by atoms with E-state index in [1.54, 1.807) is 0 Å². The lowest BCUT2D eigenvalue weighted by molar-refractivity contribution is 0.497. The molecule has 0 radical (unpaired) electrons. The van der Waals surface area contributed by atoms with Crippen molar-refractivity contribution in [2.75, 3.05) is 18.1 Å². The summed E-state index contributed by atoms with van der Waals surface area (Å²) in [6.45, 7) is 2.79. The number of hydrogen-bond donors (Lipinski definition) is 1. The second kappa shape index (κ2) is 6.69. The van der Waals surface area contributed by atoms with Crippen LogP contribution >= 0.6 is 11.6 Å². The van der Waals surface area contributed by atoms with Gasteiger partial charge in [0.2, 0.25) is 0 Å². The SMILES string of the molecule is CCS(=O)CCNC(c1ccc(Cl)cc1)C1CC1. The first-order chi connectivity index (χ1) is 8.70. The Morgan fingerprint density at radius 1 is 1.39 bits per heavy atom. The minimum Gasteiger partial charge on any atom is -0.309 e. The van der Waals surface area contributed by atoms with Crippen LogP contribution in [0, 0.1) is 5.92 Å². The van der Waals surface area contributed by atoms with Gasteiger partial charge in [-0.05, 0) is 36.5 Å². The standard InChI is InChI=1S/C14H20ClNOS/c1-2-18(17)10-9-16-14(11-3-4-11)12-5-7-13(15)8-6-12/h5-8,11,14,16H,2-4,9-10H2,1H3. The lowest BCUT2D eigenvalue weighted by Crippen LogP contribution is -2.27. The molecule has 1 aromatic carbocycles. The summed E-state index contributed by atoms with van der Waals surface area (Å²) in [5.74, 6) is 2.23. The summed E-state index contributed by atoms with van der Waals surface area (Å²) in [6.07, 6.45) is 2.58. The van der Waals surface area contributed by atoms with Crippen molar-refractivity contribution in [1.82, 2.24) is 5.32 Å². The molecule has 100 valence electrons. The fraction of sp³-hybridized carbons (Fsp3) is 0.571. The third-order valence-electron chi connectivity index (χ3n) is 3.34. The highest BCUT2D eigenvalue weighted by atomic mass is 35.5. The Hall–Kier alpha value is -0.380. The Morgan fingerprint density at radius 3 is 2.61 bits per heavy atom. The summed E-state index contributed by atoms with van der Waals surface area (Å²) in [5, 5.41) is 4.32. The third-order valence-corrected chi connectivity index (χ3v) is 4.89. The largest absolute Gasteiger partial charge is 0.309 e. The van der Waals surface area contributed by atoms with E-state index >= 15 is 0 Å². The van der Waals surface area contributed by atoms with Crippen LogP contribution in [-0.4, -0.2) is 22.3 Å². The normalized spacial score (nSPS) is 18.6. The highest BCUT2D eigenvalue weighted by Gasteiger charge is 2.31. The smallest absolute Gasteiger partial charge is 0.0406 e. The van der Waals surface area contributed by atoms with E-state index in [4.69, 9.17) is 11.6 Å². The molecule has 1 aromatic rings. The molecule has 2 unspecified atom stereocenters. The Bertz CT molecular complexity index is 403. The number of rotatable bonds is 7. The van der Waals surface area contributed by atoms with Crippen LogP contribution in [-0.2, 0) is 10.8 Å². The van der Waals surface area contributed by atoms with Crippen LogP contribution in [0.3, 0.4) is 0 Å². The molecule has 0 aliphatic heterocycles. The molecule has 0 spiro atoms. The number of benzene rings is 1. The van der Waals surface area contributed by atoms with Crippen molar-refractivity contribution in [3.8, 4) is 0 Å². The van der Waals surface area contributed by atoms with E-state index in [-0.39, 0.29) is 0 Å². The average molecular weight is 286 g/mol. The summed E-state index contributed by atoms with van der Waals surface area (Å²) in [6, 6.07) is 8.47. The minimum absolute atomic E-state index is 0.399. The quantitative estimate of drug-likeness (QED) is 0.834. The molecule has 1 fully saturated rings. The summed E-state index contributed by atoms with van der Waals surface area (Å²) >= 11 is 5.92. The van der Waals surface area contributed by atoms with Crippen LogP contribution in [0.2, 0.25) is 5.02 Å². The number of halogens is 1. The van der Waals surface area contributed by atoms with Crippen LogP contribution in [0.4, 0.5) is 0 Å². The van der Waals surface area contributed by atoms with Gasteiger partial charge in [-0.1, -0.05) is 30.7 Å². The van der Waals surface area contributed by atoms with E-state index in [0.717, 1.165) is 29.0 Å². The second-order valence-corrected chi connectivity index (χ2v) is 7.06. The predicted octanol–water partition coefficient (Wildman–Crippen LogP) is 3.15. The van der Waals surface area contributed by atoms with Gasteiger partial charge in [0, 0.05) is 39.9 Å². The van der Waals surface area contributed by atoms with Gasteiger partial charge in [-0.15, -0.1) is 0 Å². The summed E-state index contributed by atoms with van der Waals surface area (Å²) in [4.78, 5) is 0. The summed E-state index contributed by atoms with van der Waals surface area (Å²) in [7, 11) is -0.680. The molecule has 0 saturated heterocycles. The molecule has 0 aromatic heterocycles. The molecule has 2 atom stereocenters. The van der Waals surface area contributed by atoms with Crippen LogP contribution < -0.4 is 5.32 Å². The van der Waals surface area contributed by atoms with E-state index in [1.807, 2.05) is 19.1 Å². The molecule has 2 rings (SSSR count). The molecule has 2 nitrogen and oxygen atoms in total. The first-order valence-corrected chi connectivity index (χ1v) is 8.41. The van der Waals surface area contributed by atoms with Gasteiger partial charge in [-0.3, -0.25) is 4.21 Å². The number of hydrogen-bond acceptors (Lipinski definition) is 2. The van der Waals surface area contributed by atoms with E-state index in [1.165, 1.54) is 18.4 Å². The van der Waals surface area contributed by atoms with Gasteiger partial charge in [0.25, 0.3) is 0 Å². The van der Waals surface area contributed by atoms with Gasteiger partial charge in [-0.25, -0.2) is 0 Å². The molecular formula is C14H20ClNOS. The van der Waals surface area contributed by atoms with E-state index in [0.29, 0.717) is 6.04 Å². The van der Waals surface area contributed by atoms with Crippen LogP contribution in [0.5, 0.6) is 0 Å². The van der Waals surface area contributed by atoms with Crippen molar-refractivity contribution >= 4 is 22.4 Å². The maximum atomic E-state index is 11.4. The molecule has 1 aliphatic carbocycles. The highest BCUT2D eigenvalue weighted by Crippen LogP contribution is 2.41. The first kappa shape index (κ1) is 14.0. The van der Waals surface area contributed by atoms with Crippen LogP contribution in [0.15, 0.2) is 24.3 Å². The van der Waals surface area contributed by atoms with Gasteiger partial charge in [0.15, 0.2) is 0 Å². The lowest BCUT2D eigenvalue weighted by Gasteiger charge is -2.18. The zero-order valence-corrected chi connectivity index (χ0v) is 12.3. The zero-order valence-electron chi connectivity index (χ0n) is 10.7. The summed E-state index contributed by atoms with van der Waals surface area (Å²) < 4.78 is 11.4. The van der Waals surface area contributed by atoms with Gasteiger partial charge < -0.3 is 5.32 Å². The van der Waals surface area contributed by atoms with Gasteiger partial charge in [-0.2, -0.15) is 0 Å². The minimum atomic E-state index is -0.680. The van der Waals surface area contributed by atoms with Crippen molar-refractivity contribution in [3.05, 3.63) is 34.9 Å². The molecular weight excluding hydrogens is 266 g/mol. The van der Waals surface area contributed by atoms with Crippen LogP contribution in [0.25, 0.3) is 0 Å². The summed E-state index contributed by atoms with van der Waals surface area (Å²) in [5.41, 5.74) is 1.30. The lowest BCUT2D eigenvalue weighted by atomic mass is 10.0. The maximum absolute atomic E-state index is 11.4. The first-order valence-electron chi connectivity index (χ1n) is 6.54. The molecule has 4 heteroatoms. The molecule has 0 amide bonds. The monoisotopic (exact) mass is 285 g/mol. The third kappa shape index (κ3) is 4.08. The fourth-order valence-corrected chi connectivity index (χ4v) is 2.89. The zero-order chi connectivity index (χ0) is 13.0. The molecule has 1 aliphatic rings. The van der Waals surface area contributed by atoms with E-state index in [2.05, 4.69) is 17.4 Å². The van der Waals surface area contributed by atoms with Crippen molar-refractivity contribution < 1.29 is 4.21 Å². The van der Waals surface area contributed by atoms with Gasteiger partial charge >= 0.3 is 0 Å². The Kier molecular flexibility index (Phi) is 5.22. The highest BCUT2D eigenvalue weighted by molar-refractivity contribution is 7.84. The predicted molar refractivity (Wildman–Crippen MR) is 78.5 cm³/mol. The Morgan fingerprint density at radius 2 is 2.06 bits per heavy atom. The fourth-order valence-electron chi connectivity index (χ4n) is 2.13. The molecule has 0 heterocycles. The Labute approximate surface area is 117 Å².